The zero-order chi connectivity index (χ0) is 13.8. The molecule has 2 fully saturated rings. The highest BCUT2D eigenvalue weighted by Gasteiger charge is 2.35. The first-order chi connectivity index (χ1) is 9.13. The van der Waals surface area contributed by atoms with Crippen LogP contribution in [0.15, 0.2) is 0 Å². The van der Waals surface area contributed by atoms with Gasteiger partial charge in [-0.2, -0.15) is 0 Å². The number of nitrogens with zero attached hydrogens (tertiary/aromatic N) is 2. The number of piperazine rings is 1. The van der Waals surface area contributed by atoms with Crippen molar-refractivity contribution in [2.24, 2.45) is 0 Å². The van der Waals surface area contributed by atoms with Gasteiger partial charge in [-0.1, -0.05) is 0 Å². The molecule has 1 N–H and O–H groups in total. The number of amides is 1. The van der Waals surface area contributed by atoms with Crippen LogP contribution < -0.4 is 5.32 Å². The van der Waals surface area contributed by atoms with Crippen molar-refractivity contribution in [2.75, 3.05) is 45.0 Å². The highest BCUT2D eigenvalue weighted by atomic mass is 32.2. The van der Waals surface area contributed by atoms with Crippen LogP contribution in [-0.2, 0) is 9.53 Å². The van der Waals surface area contributed by atoms with Crippen LogP contribution in [0.25, 0.3) is 0 Å². The van der Waals surface area contributed by atoms with Gasteiger partial charge in [0.1, 0.15) is 0 Å². The van der Waals surface area contributed by atoms with Crippen LogP contribution in [0, 0.1) is 0 Å². The summed E-state index contributed by atoms with van der Waals surface area (Å²) >= 11 is 1.80. The third-order valence-electron chi connectivity index (χ3n) is 3.98. The molecule has 2 aliphatic heterocycles. The first kappa shape index (κ1) is 15.1. The molecule has 0 spiro atoms. The number of hydrogen-bond acceptors (Lipinski definition) is 5. The molecule has 0 aromatic carbocycles. The smallest absolute Gasteiger partial charge is 0.240 e. The lowest BCUT2D eigenvalue weighted by Crippen LogP contribution is -2.60. The second kappa shape index (κ2) is 6.92. The molecule has 5 nitrogen and oxygen atoms in total. The number of carbonyl (C=O) groups excluding carboxylic acids is 1. The molecule has 0 aromatic rings. The van der Waals surface area contributed by atoms with E-state index in [9.17, 15) is 4.79 Å². The topological polar surface area (TPSA) is 44.8 Å². The molecule has 2 heterocycles. The molecule has 6 heteroatoms. The molecule has 0 saturated carbocycles. The normalized spacial score (nSPS) is 32.8. The number of methoxy groups -OCH3 is 1. The van der Waals surface area contributed by atoms with Crippen molar-refractivity contribution < 1.29 is 9.53 Å². The van der Waals surface area contributed by atoms with Crippen molar-refractivity contribution in [3.8, 4) is 0 Å². The summed E-state index contributed by atoms with van der Waals surface area (Å²) < 4.78 is 5.16. The van der Waals surface area contributed by atoms with Crippen molar-refractivity contribution in [1.29, 1.82) is 0 Å². The minimum Gasteiger partial charge on any atom is -0.383 e. The van der Waals surface area contributed by atoms with Crippen molar-refractivity contribution in [3.05, 3.63) is 0 Å². The summed E-state index contributed by atoms with van der Waals surface area (Å²) in [6.45, 7) is 7.75. The Labute approximate surface area is 120 Å². The molecule has 3 atom stereocenters. The van der Waals surface area contributed by atoms with Gasteiger partial charge in [-0.25, -0.2) is 0 Å². The Balaban J connectivity index is 1.90. The third kappa shape index (κ3) is 3.62. The zero-order valence-electron chi connectivity index (χ0n) is 12.1. The number of nitrogens with one attached hydrogen (secondary N) is 1. The highest BCUT2D eigenvalue weighted by molar-refractivity contribution is 7.99. The Kier molecular flexibility index (Phi) is 5.50. The summed E-state index contributed by atoms with van der Waals surface area (Å²) in [5.74, 6) is 2.08. The van der Waals surface area contributed by atoms with Gasteiger partial charge < -0.3 is 9.64 Å². The maximum absolute atomic E-state index is 12.4. The Morgan fingerprint density at radius 2 is 2.05 bits per heavy atom. The van der Waals surface area contributed by atoms with Crippen LogP contribution in [0.3, 0.4) is 0 Å². The minimum absolute atomic E-state index is 0.0231. The molecular weight excluding hydrogens is 262 g/mol. The van der Waals surface area contributed by atoms with E-state index in [-0.39, 0.29) is 11.9 Å². The fourth-order valence-electron chi connectivity index (χ4n) is 2.95. The summed E-state index contributed by atoms with van der Waals surface area (Å²) in [6.07, 6.45) is 0. The van der Waals surface area contributed by atoms with Gasteiger partial charge in [-0.3, -0.25) is 15.0 Å². The largest absolute Gasteiger partial charge is 0.383 e. The molecule has 0 aliphatic carbocycles. The van der Waals surface area contributed by atoms with E-state index >= 15 is 0 Å². The standard InChI is InChI=1S/C13H25N3O2S/c1-10-6-15(13(17)12-8-19-9-14-12)7-11(2)16(10)4-5-18-3/h10-12,14H,4-9H2,1-3H3. The first-order valence-electron chi connectivity index (χ1n) is 6.98. The average molecular weight is 287 g/mol. The molecule has 2 aliphatic rings. The van der Waals surface area contributed by atoms with Crippen LogP contribution >= 0.6 is 11.8 Å². The van der Waals surface area contributed by atoms with E-state index < -0.39 is 0 Å². The van der Waals surface area contributed by atoms with Gasteiger partial charge in [-0.15, -0.1) is 11.8 Å². The van der Waals surface area contributed by atoms with Crippen molar-refractivity contribution in [3.63, 3.8) is 0 Å². The van der Waals surface area contributed by atoms with Gasteiger partial charge in [0.15, 0.2) is 0 Å². The molecule has 1 amide bonds. The van der Waals surface area contributed by atoms with Crippen LogP contribution in [0.5, 0.6) is 0 Å². The van der Waals surface area contributed by atoms with Crippen molar-refractivity contribution in [1.82, 2.24) is 15.1 Å². The molecule has 0 aromatic heterocycles. The average Bonchev–Trinajstić information content (AvgIpc) is 2.90. The Morgan fingerprint density at radius 1 is 1.37 bits per heavy atom. The highest BCUT2D eigenvalue weighted by Crippen LogP contribution is 2.18. The number of ether oxygens (including phenoxy) is 1. The van der Waals surface area contributed by atoms with Gasteiger partial charge >= 0.3 is 0 Å². The van der Waals surface area contributed by atoms with Gasteiger partial charge in [0.05, 0.1) is 12.6 Å². The van der Waals surface area contributed by atoms with E-state index in [2.05, 4.69) is 24.1 Å². The van der Waals surface area contributed by atoms with Gasteiger partial charge in [0.2, 0.25) is 5.91 Å². The number of rotatable bonds is 4. The molecule has 2 rings (SSSR count). The van der Waals surface area contributed by atoms with E-state index in [1.807, 2.05) is 4.90 Å². The van der Waals surface area contributed by atoms with E-state index in [1.54, 1.807) is 18.9 Å². The van der Waals surface area contributed by atoms with Crippen molar-refractivity contribution >= 4 is 17.7 Å². The monoisotopic (exact) mass is 287 g/mol. The minimum atomic E-state index is 0.0231. The maximum atomic E-state index is 12.4. The molecule has 2 saturated heterocycles. The lowest BCUT2D eigenvalue weighted by Gasteiger charge is -2.45. The molecular formula is C13H25N3O2S. The molecule has 0 bridgehead atoms. The fraction of sp³-hybridized carbons (Fsp3) is 0.923. The van der Waals surface area contributed by atoms with Crippen LogP contribution in [0.2, 0.25) is 0 Å². The number of thioether (sulfide) groups is 1. The SMILES string of the molecule is COCCN1C(C)CN(C(=O)C2CSCN2)CC1C. The number of carbonyl (C=O) groups is 1. The summed E-state index contributed by atoms with van der Waals surface area (Å²) in [6, 6.07) is 0.823. The number of hydrogen-bond donors (Lipinski definition) is 1. The predicted molar refractivity (Wildman–Crippen MR) is 78.3 cm³/mol. The maximum Gasteiger partial charge on any atom is 0.240 e. The Hall–Kier alpha value is -0.300. The lowest BCUT2D eigenvalue weighted by molar-refractivity contribution is -0.137. The lowest BCUT2D eigenvalue weighted by atomic mass is 10.1. The quantitative estimate of drug-likeness (QED) is 0.801. The van der Waals surface area contributed by atoms with Crippen LogP contribution in [0.1, 0.15) is 13.8 Å². The summed E-state index contributed by atoms with van der Waals surface area (Å²) in [7, 11) is 1.73. The summed E-state index contributed by atoms with van der Waals surface area (Å²) in [5.41, 5.74) is 0. The predicted octanol–water partition coefficient (Wildman–Crippen LogP) is 0.217. The van der Waals surface area contributed by atoms with E-state index in [0.29, 0.717) is 12.1 Å². The second-order valence-corrected chi connectivity index (χ2v) is 6.47. The van der Waals surface area contributed by atoms with E-state index in [0.717, 1.165) is 37.9 Å². The second-order valence-electron chi connectivity index (χ2n) is 5.44. The summed E-state index contributed by atoms with van der Waals surface area (Å²) in [4.78, 5) is 16.9. The zero-order valence-corrected chi connectivity index (χ0v) is 12.9. The third-order valence-corrected chi connectivity index (χ3v) is 4.92. The van der Waals surface area contributed by atoms with E-state index in [4.69, 9.17) is 4.74 Å². The van der Waals surface area contributed by atoms with Gasteiger partial charge in [-0.05, 0) is 13.8 Å². The fourth-order valence-corrected chi connectivity index (χ4v) is 3.88. The molecule has 110 valence electrons. The van der Waals surface area contributed by atoms with Gasteiger partial charge in [0, 0.05) is 50.5 Å². The van der Waals surface area contributed by atoms with E-state index in [1.165, 1.54) is 0 Å². The Morgan fingerprint density at radius 3 is 2.58 bits per heavy atom. The van der Waals surface area contributed by atoms with Crippen LogP contribution in [0.4, 0.5) is 0 Å². The summed E-state index contributed by atoms with van der Waals surface area (Å²) in [5, 5.41) is 3.27. The van der Waals surface area contributed by atoms with Crippen molar-refractivity contribution in [2.45, 2.75) is 32.0 Å². The Bertz CT molecular complexity index is 298. The molecule has 0 radical (unpaired) electrons. The van der Waals surface area contributed by atoms with Crippen LogP contribution in [-0.4, -0.2) is 78.8 Å². The first-order valence-corrected chi connectivity index (χ1v) is 8.13. The van der Waals surface area contributed by atoms with Gasteiger partial charge in [0.25, 0.3) is 0 Å². The molecule has 19 heavy (non-hydrogen) atoms. The molecule has 3 unspecified atom stereocenters.